The molecule has 1 heterocycles. The third-order valence-corrected chi connectivity index (χ3v) is 3.50. The molecule has 0 aliphatic carbocycles. The highest BCUT2D eigenvalue weighted by molar-refractivity contribution is 5.48. The molecule has 1 aliphatic rings. The second kappa shape index (κ2) is 6.35. The maximum Gasteiger partial charge on any atom is 0.573 e. The minimum Gasteiger partial charge on any atom is -0.406 e. The smallest absolute Gasteiger partial charge is 0.406 e. The number of hydrogen-bond donors (Lipinski definition) is 1. The quantitative estimate of drug-likeness (QED) is 0.919. The first-order valence-electron chi connectivity index (χ1n) is 6.70. The summed E-state index contributed by atoms with van der Waals surface area (Å²) in [5.74, 6) is 0.379. The fraction of sp³-hybridized carbons (Fsp3) is 0.571. The molecule has 1 saturated heterocycles. The normalized spacial score (nSPS) is 18.0. The largest absolute Gasteiger partial charge is 0.573 e. The maximum absolute atomic E-state index is 12.1. The molecule has 1 aliphatic heterocycles. The van der Waals surface area contributed by atoms with Gasteiger partial charge in [0.1, 0.15) is 5.75 Å². The number of anilines is 1. The van der Waals surface area contributed by atoms with Gasteiger partial charge in [0.2, 0.25) is 0 Å². The molecule has 0 bridgehead atoms. The predicted octanol–water partition coefficient (Wildman–Crippen LogP) is 3.34. The number of piperidine rings is 1. The van der Waals surface area contributed by atoms with Crippen LogP contribution in [0.3, 0.4) is 0 Å². The van der Waals surface area contributed by atoms with Crippen LogP contribution in [0.15, 0.2) is 24.3 Å². The number of ether oxygens (including phenoxy) is 1. The second-order valence-corrected chi connectivity index (χ2v) is 5.20. The van der Waals surface area contributed by atoms with Gasteiger partial charge in [0.05, 0.1) is 0 Å². The fourth-order valence-corrected chi connectivity index (χ4v) is 2.33. The van der Waals surface area contributed by atoms with Gasteiger partial charge in [0.15, 0.2) is 0 Å². The van der Waals surface area contributed by atoms with Crippen molar-refractivity contribution in [1.82, 2.24) is 4.90 Å². The van der Waals surface area contributed by atoms with Gasteiger partial charge in [-0.05, 0) is 51.0 Å². The summed E-state index contributed by atoms with van der Waals surface area (Å²) in [5.41, 5.74) is 0.658. The van der Waals surface area contributed by atoms with Crippen molar-refractivity contribution in [3.63, 3.8) is 0 Å². The van der Waals surface area contributed by atoms with Crippen LogP contribution in [0.5, 0.6) is 5.75 Å². The molecule has 1 aromatic carbocycles. The van der Waals surface area contributed by atoms with E-state index in [0.717, 1.165) is 32.5 Å². The maximum atomic E-state index is 12.1. The van der Waals surface area contributed by atoms with Crippen molar-refractivity contribution < 1.29 is 17.9 Å². The van der Waals surface area contributed by atoms with Gasteiger partial charge >= 0.3 is 6.36 Å². The SMILES string of the molecule is CN1CCC(CNc2cccc(OC(F)(F)F)c2)CC1. The summed E-state index contributed by atoms with van der Waals surface area (Å²) in [6, 6.07) is 5.98. The van der Waals surface area contributed by atoms with Crippen molar-refractivity contribution in [2.75, 3.05) is 32.0 Å². The van der Waals surface area contributed by atoms with E-state index in [4.69, 9.17) is 0 Å². The van der Waals surface area contributed by atoms with Crippen LogP contribution in [0.2, 0.25) is 0 Å². The van der Waals surface area contributed by atoms with E-state index in [1.807, 2.05) is 0 Å². The zero-order valence-corrected chi connectivity index (χ0v) is 11.4. The Hall–Kier alpha value is -1.43. The summed E-state index contributed by atoms with van der Waals surface area (Å²) >= 11 is 0. The molecule has 1 fully saturated rings. The highest BCUT2D eigenvalue weighted by atomic mass is 19.4. The molecule has 2 rings (SSSR count). The van der Waals surface area contributed by atoms with Gasteiger partial charge in [-0.3, -0.25) is 0 Å². The minimum absolute atomic E-state index is 0.189. The molecular weight excluding hydrogens is 269 g/mol. The third kappa shape index (κ3) is 4.92. The van der Waals surface area contributed by atoms with Crippen LogP contribution in [0, 0.1) is 5.92 Å². The van der Waals surface area contributed by atoms with Crippen molar-refractivity contribution in [2.45, 2.75) is 19.2 Å². The monoisotopic (exact) mass is 288 g/mol. The topological polar surface area (TPSA) is 24.5 Å². The molecule has 1 aromatic rings. The summed E-state index contributed by atoms with van der Waals surface area (Å²) in [5, 5.41) is 3.19. The van der Waals surface area contributed by atoms with Crippen molar-refractivity contribution in [1.29, 1.82) is 0 Å². The second-order valence-electron chi connectivity index (χ2n) is 5.20. The first-order chi connectivity index (χ1) is 9.42. The fourth-order valence-electron chi connectivity index (χ4n) is 2.33. The van der Waals surface area contributed by atoms with Crippen LogP contribution in [0.1, 0.15) is 12.8 Å². The van der Waals surface area contributed by atoms with Crippen molar-refractivity contribution in [3.8, 4) is 5.75 Å². The van der Waals surface area contributed by atoms with Crippen LogP contribution >= 0.6 is 0 Å². The Balaban J connectivity index is 1.85. The highest BCUT2D eigenvalue weighted by Gasteiger charge is 2.31. The third-order valence-electron chi connectivity index (χ3n) is 3.50. The van der Waals surface area contributed by atoms with Crippen LogP contribution in [0.4, 0.5) is 18.9 Å². The lowest BCUT2D eigenvalue weighted by Crippen LogP contribution is -2.32. The summed E-state index contributed by atoms with van der Waals surface area (Å²) in [7, 11) is 2.10. The number of likely N-dealkylation sites (tertiary alicyclic amines) is 1. The van der Waals surface area contributed by atoms with E-state index in [9.17, 15) is 13.2 Å². The Labute approximate surface area is 116 Å². The molecule has 0 amide bonds. The average molecular weight is 288 g/mol. The van der Waals surface area contributed by atoms with Gasteiger partial charge in [-0.1, -0.05) is 6.07 Å². The molecule has 6 heteroatoms. The number of benzene rings is 1. The first kappa shape index (κ1) is 15.0. The molecular formula is C14H19F3N2O. The Morgan fingerprint density at radius 3 is 2.65 bits per heavy atom. The molecule has 1 N–H and O–H groups in total. The summed E-state index contributed by atoms with van der Waals surface area (Å²) < 4.78 is 40.3. The van der Waals surface area contributed by atoms with Gasteiger partial charge in [-0.2, -0.15) is 0 Å². The Bertz CT molecular complexity index is 429. The molecule has 112 valence electrons. The summed E-state index contributed by atoms with van der Waals surface area (Å²) in [6.07, 6.45) is -2.42. The number of alkyl halides is 3. The molecule has 3 nitrogen and oxygen atoms in total. The van der Waals surface area contributed by atoms with Gasteiger partial charge in [0.25, 0.3) is 0 Å². The van der Waals surface area contributed by atoms with E-state index in [1.165, 1.54) is 12.1 Å². The highest BCUT2D eigenvalue weighted by Crippen LogP contribution is 2.25. The predicted molar refractivity (Wildman–Crippen MR) is 71.8 cm³/mol. The molecule has 0 aromatic heterocycles. The molecule has 0 unspecified atom stereocenters. The molecule has 0 saturated carbocycles. The molecule has 20 heavy (non-hydrogen) atoms. The van der Waals surface area contributed by atoms with Crippen LogP contribution in [-0.4, -0.2) is 37.9 Å². The summed E-state index contributed by atoms with van der Waals surface area (Å²) in [6.45, 7) is 2.93. The van der Waals surface area contributed by atoms with E-state index in [-0.39, 0.29) is 5.75 Å². The van der Waals surface area contributed by atoms with Gasteiger partial charge in [-0.15, -0.1) is 13.2 Å². The molecule has 0 atom stereocenters. The van der Waals surface area contributed by atoms with E-state index in [2.05, 4.69) is 22.0 Å². The standard InChI is InChI=1S/C14H19F3N2O/c1-19-7-5-11(6-8-19)10-18-12-3-2-4-13(9-12)20-14(15,16)17/h2-4,9,11,18H,5-8,10H2,1H3. The van der Waals surface area contributed by atoms with E-state index in [0.29, 0.717) is 11.6 Å². The van der Waals surface area contributed by atoms with Crippen LogP contribution in [-0.2, 0) is 0 Å². The zero-order valence-electron chi connectivity index (χ0n) is 11.4. The number of nitrogens with zero attached hydrogens (tertiary/aromatic N) is 1. The van der Waals surface area contributed by atoms with Gasteiger partial charge in [0, 0.05) is 18.3 Å². The van der Waals surface area contributed by atoms with Crippen molar-refractivity contribution in [2.24, 2.45) is 5.92 Å². The molecule has 0 radical (unpaired) electrons. The lowest BCUT2D eigenvalue weighted by Gasteiger charge is -2.29. The average Bonchev–Trinajstić information content (AvgIpc) is 2.36. The van der Waals surface area contributed by atoms with Crippen molar-refractivity contribution >= 4 is 5.69 Å². The van der Waals surface area contributed by atoms with Crippen LogP contribution in [0.25, 0.3) is 0 Å². The number of rotatable bonds is 4. The first-order valence-corrected chi connectivity index (χ1v) is 6.70. The van der Waals surface area contributed by atoms with E-state index in [1.54, 1.807) is 12.1 Å². The van der Waals surface area contributed by atoms with E-state index >= 15 is 0 Å². The zero-order chi connectivity index (χ0) is 14.6. The lowest BCUT2D eigenvalue weighted by molar-refractivity contribution is -0.274. The number of nitrogens with one attached hydrogen (secondary N) is 1. The number of hydrogen-bond acceptors (Lipinski definition) is 3. The number of halogens is 3. The van der Waals surface area contributed by atoms with Gasteiger partial charge < -0.3 is 15.0 Å². The summed E-state index contributed by atoms with van der Waals surface area (Å²) in [4.78, 5) is 2.29. The Morgan fingerprint density at radius 2 is 2.00 bits per heavy atom. The Morgan fingerprint density at radius 1 is 1.30 bits per heavy atom. The van der Waals surface area contributed by atoms with Crippen LogP contribution < -0.4 is 10.1 Å². The minimum atomic E-state index is -4.65. The van der Waals surface area contributed by atoms with E-state index < -0.39 is 6.36 Å². The van der Waals surface area contributed by atoms with Gasteiger partial charge in [-0.25, -0.2) is 0 Å². The van der Waals surface area contributed by atoms with Crippen molar-refractivity contribution in [3.05, 3.63) is 24.3 Å². The Kier molecular flexibility index (Phi) is 4.75. The lowest BCUT2D eigenvalue weighted by atomic mass is 9.97. The molecule has 0 spiro atoms.